The van der Waals surface area contributed by atoms with Crippen LogP contribution in [0.5, 0.6) is 5.75 Å². The van der Waals surface area contributed by atoms with Gasteiger partial charge in [0.2, 0.25) is 0 Å². The van der Waals surface area contributed by atoms with E-state index in [0.717, 1.165) is 0 Å². The lowest BCUT2D eigenvalue weighted by Crippen LogP contribution is -2.08. The number of ether oxygens (including phenoxy) is 1. The molecule has 6 heteroatoms. The zero-order valence-corrected chi connectivity index (χ0v) is 10.3. The van der Waals surface area contributed by atoms with Crippen LogP contribution in [0.15, 0.2) is 18.2 Å². The van der Waals surface area contributed by atoms with Gasteiger partial charge in [-0.3, -0.25) is 14.9 Å². The van der Waals surface area contributed by atoms with Crippen molar-refractivity contribution in [1.29, 1.82) is 0 Å². The van der Waals surface area contributed by atoms with Crippen molar-refractivity contribution in [2.24, 2.45) is 0 Å². The third kappa shape index (κ3) is 4.04. The van der Waals surface area contributed by atoms with E-state index < -0.39 is 10.9 Å². The molecular weight excluding hydrogens is 238 g/mol. The number of hydrogen-bond acceptors (Lipinski definition) is 4. The van der Waals surface area contributed by atoms with Gasteiger partial charge in [0, 0.05) is 12.5 Å². The van der Waals surface area contributed by atoms with E-state index in [0.29, 0.717) is 5.56 Å². The van der Waals surface area contributed by atoms with Crippen LogP contribution in [0.25, 0.3) is 0 Å². The van der Waals surface area contributed by atoms with Gasteiger partial charge in [0.1, 0.15) is 0 Å². The number of hydrogen-bond donors (Lipinski definition) is 1. The van der Waals surface area contributed by atoms with E-state index in [2.05, 4.69) is 0 Å². The van der Waals surface area contributed by atoms with Crippen molar-refractivity contribution in [2.45, 2.75) is 32.8 Å². The highest BCUT2D eigenvalue weighted by Gasteiger charge is 2.17. The number of carbonyl (C=O) groups is 1. The Hall–Kier alpha value is -2.11. The number of rotatable bonds is 6. The fourth-order valence-electron chi connectivity index (χ4n) is 1.47. The molecule has 0 aliphatic carbocycles. The predicted octanol–water partition coefficient (Wildman–Crippen LogP) is 2.40. The van der Waals surface area contributed by atoms with Gasteiger partial charge in [-0.1, -0.05) is 6.07 Å². The average molecular weight is 253 g/mol. The minimum atomic E-state index is -0.930. The van der Waals surface area contributed by atoms with Gasteiger partial charge in [0.05, 0.1) is 11.0 Å². The van der Waals surface area contributed by atoms with Crippen LogP contribution in [0, 0.1) is 10.1 Å². The van der Waals surface area contributed by atoms with Gasteiger partial charge in [-0.25, -0.2) is 0 Å². The predicted molar refractivity (Wildman–Crippen MR) is 64.8 cm³/mol. The summed E-state index contributed by atoms with van der Waals surface area (Å²) in [5.74, 6) is -0.728. The normalized spacial score (nSPS) is 10.4. The van der Waals surface area contributed by atoms with Crippen LogP contribution in [-0.4, -0.2) is 22.1 Å². The van der Waals surface area contributed by atoms with Crippen molar-refractivity contribution in [3.63, 3.8) is 0 Å². The smallest absolute Gasteiger partial charge is 0.311 e. The minimum absolute atomic E-state index is 0.0540. The fraction of sp³-hybridized carbons (Fsp3) is 0.417. The van der Waals surface area contributed by atoms with Gasteiger partial charge in [0.25, 0.3) is 0 Å². The molecule has 98 valence electrons. The van der Waals surface area contributed by atoms with E-state index in [1.165, 1.54) is 12.1 Å². The quantitative estimate of drug-likeness (QED) is 0.621. The lowest BCUT2D eigenvalue weighted by Gasteiger charge is -2.10. The van der Waals surface area contributed by atoms with Gasteiger partial charge >= 0.3 is 11.7 Å². The summed E-state index contributed by atoms with van der Waals surface area (Å²) in [5, 5.41) is 19.5. The molecule has 0 bridgehead atoms. The largest absolute Gasteiger partial charge is 0.484 e. The monoisotopic (exact) mass is 253 g/mol. The molecule has 0 heterocycles. The van der Waals surface area contributed by atoms with E-state index >= 15 is 0 Å². The first-order valence-electron chi connectivity index (χ1n) is 5.56. The molecule has 1 N–H and O–H groups in total. The Morgan fingerprint density at radius 1 is 1.50 bits per heavy atom. The van der Waals surface area contributed by atoms with Crippen molar-refractivity contribution in [2.75, 3.05) is 0 Å². The number of nitro benzene ring substituents is 1. The first kappa shape index (κ1) is 14.0. The Bertz CT molecular complexity index is 456. The van der Waals surface area contributed by atoms with Gasteiger partial charge in [0.15, 0.2) is 5.75 Å². The molecule has 0 fully saturated rings. The average Bonchev–Trinajstić information content (AvgIpc) is 2.26. The zero-order chi connectivity index (χ0) is 13.7. The Morgan fingerprint density at radius 3 is 2.67 bits per heavy atom. The van der Waals surface area contributed by atoms with Gasteiger partial charge in [-0.2, -0.15) is 0 Å². The van der Waals surface area contributed by atoms with Crippen LogP contribution in [0.4, 0.5) is 5.69 Å². The molecule has 0 unspecified atom stereocenters. The Morgan fingerprint density at radius 2 is 2.17 bits per heavy atom. The van der Waals surface area contributed by atoms with E-state index in [-0.39, 0.29) is 30.4 Å². The first-order valence-corrected chi connectivity index (χ1v) is 5.56. The lowest BCUT2D eigenvalue weighted by atomic mass is 10.1. The van der Waals surface area contributed by atoms with E-state index in [9.17, 15) is 14.9 Å². The number of carboxylic acids is 1. The number of benzene rings is 1. The number of nitro groups is 1. The molecule has 0 aliphatic rings. The highest BCUT2D eigenvalue weighted by molar-refractivity contribution is 5.67. The summed E-state index contributed by atoms with van der Waals surface area (Å²) in [6, 6.07) is 4.52. The van der Waals surface area contributed by atoms with Crippen molar-refractivity contribution in [3.05, 3.63) is 33.9 Å². The van der Waals surface area contributed by atoms with Crippen LogP contribution < -0.4 is 4.74 Å². The summed E-state index contributed by atoms with van der Waals surface area (Å²) in [7, 11) is 0. The van der Waals surface area contributed by atoms with Crippen molar-refractivity contribution in [1.82, 2.24) is 0 Å². The van der Waals surface area contributed by atoms with E-state index in [4.69, 9.17) is 9.84 Å². The summed E-state index contributed by atoms with van der Waals surface area (Å²) in [5.41, 5.74) is 0.479. The molecule has 1 aromatic rings. The summed E-state index contributed by atoms with van der Waals surface area (Å²) in [4.78, 5) is 20.8. The van der Waals surface area contributed by atoms with Crippen molar-refractivity contribution >= 4 is 11.7 Å². The second-order valence-electron chi connectivity index (χ2n) is 4.12. The van der Waals surface area contributed by atoms with Gasteiger partial charge in [-0.15, -0.1) is 0 Å². The molecular formula is C12H15NO5. The fourth-order valence-corrected chi connectivity index (χ4v) is 1.47. The SMILES string of the molecule is CC(C)Oc1ccc(CCC(=O)O)cc1[N+](=O)[O-]. The van der Waals surface area contributed by atoms with Gasteiger partial charge < -0.3 is 9.84 Å². The van der Waals surface area contributed by atoms with Crippen molar-refractivity contribution < 1.29 is 19.6 Å². The van der Waals surface area contributed by atoms with Crippen molar-refractivity contribution in [3.8, 4) is 5.75 Å². The first-order chi connectivity index (χ1) is 8.40. The van der Waals surface area contributed by atoms with Crippen LogP contribution in [0.1, 0.15) is 25.8 Å². The molecule has 1 rings (SSSR count). The standard InChI is InChI=1S/C12H15NO5/c1-8(2)18-11-5-3-9(4-6-12(14)15)7-10(11)13(16)17/h3,5,7-8H,4,6H2,1-2H3,(H,14,15). The zero-order valence-electron chi connectivity index (χ0n) is 10.3. The molecule has 0 saturated carbocycles. The second-order valence-corrected chi connectivity index (χ2v) is 4.12. The number of aliphatic carboxylic acids is 1. The van der Waals surface area contributed by atoms with E-state index in [1.54, 1.807) is 19.9 Å². The maximum Gasteiger partial charge on any atom is 0.311 e. The molecule has 18 heavy (non-hydrogen) atoms. The Labute approximate surface area is 104 Å². The summed E-state index contributed by atoms with van der Waals surface area (Å²) >= 11 is 0. The van der Waals surface area contributed by atoms with Crippen LogP contribution in [0.2, 0.25) is 0 Å². The summed E-state index contributed by atoms with van der Waals surface area (Å²) in [6.07, 6.45) is 0.0493. The van der Waals surface area contributed by atoms with E-state index in [1.807, 2.05) is 0 Å². The summed E-state index contributed by atoms with van der Waals surface area (Å²) < 4.78 is 5.33. The number of aryl methyl sites for hydroxylation is 1. The van der Waals surface area contributed by atoms with Gasteiger partial charge in [-0.05, 0) is 31.9 Å². The third-order valence-electron chi connectivity index (χ3n) is 2.21. The second kappa shape index (κ2) is 6.00. The van der Waals surface area contributed by atoms with Crippen LogP contribution in [-0.2, 0) is 11.2 Å². The Kier molecular flexibility index (Phi) is 4.65. The minimum Gasteiger partial charge on any atom is -0.484 e. The maximum absolute atomic E-state index is 10.9. The number of carboxylic acid groups (broad SMARTS) is 1. The van der Waals surface area contributed by atoms with Crippen LogP contribution in [0.3, 0.4) is 0 Å². The highest BCUT2D eigenvalue weighted by atomic mass is 16.6. The molecule has 0 spiro atoms. The summed E-state index contributed by atoms with van der Waals surface area (Å²) in [6.45, 7) is 3.56. The topological polar surface area (TPSA) is 89.7 Å². The molecule has 0 amide bonds. The highest BCUT2D eigenvalue weighted by Crippen LogP contribution is 2.29. The maximum atomic E-state index is 10.9. The molecule has 6 nitrogen and oxygen atoms in total. The molecule has 1 aromatic carbocycles. The Balaban J connectivity index is 2.95. The molecule has 0 radical (unpaired) electrons. The van der Waals surface area contributed by atoms with Crippen LogP contribution >= 0.6 is 0 Å². The number of nitrogens with zero attached hydrogens (tertiary/aromatic N) is 1. The molecule has 0 aromatic heterocycles. The third-order valence-corrected chi connectivity index (χ3v) is 2.21. The molecule has 0 atom stereocenters. The molecule has 0 aliphatic heterocycles. The lowest BCUT2D eigenvalue weighted by molar-refractivity contribution is -0.386. The molecule has 0 saturated heterocycles.